The molecule has 0 aliphatic rings. The van der Waals surface area contributed by atoms with Crippen molar-refractivity contribution in [2.75, 3.05) is 24.7 Å². The molecular weight excluding hydrogens is 385 g/mol. The van der Waals surface area contributed by atoms with Crippen LogP contribution in [-0.2, 0) is 0 Å². The van der Waals surface area contributed by atoms with Gasteiger partial charge in [0.15, 0.2) is 5.75 Å². The van der Waals surface area contributed by atoms with Gasteiger partial charge in [-0.05, 0) is 31.5 Å². The summed E-state index contributed by atoms with van der Waals surface area (Å²) in [7, 11) is 4.88. The molecule has 3 aromatic rings. The normalized spacial score (nSPS) is 12.0. The van der Waals surface area contributed by atoms with Gasteiger partial charge in [0.1, 0.15) is 30.7 Å². The zero-order valence-corrected chi connectivity index (χ0v) is 17.6. The minimum absolute atomic E-state index is 0.0455. The highest BCUT2D eigenvalue weighted by atomic mass is 16.3. The number of nitrogens with zero attached hydrogens (tertiary/aromatic N) is 1. The van der Waals surface area contributed by atoms with Gasteiger partial charge in [0.05, 0.1) is 17.3 Å². The number of benzene rings is 1. The van der Waals surface area contributed by atoms with Gasteiger partial charge in [-0.2, -0.15) is 0 Å². The van der Waals surface area contributed by atoms with Crippen LogP contribution in [0.25, 0.3) is 0 Å². The molecule has 0 spiro atoms. The summed E-state index contributed by atoms with van der Waals surface area (Å²) >= 11 is 0. The number of phenolic OH excluding ortho intramolecular Hbond substituents is 1. The number of carbonyl (C=O) groups excluding carboxylic acids is 1. The van der Waals surface area contributed by atoms with Gasteiger partial charge >= 0.3 is 0 Å². The smallest absolute Gasteiger partial charge is 0.256 e. The van der Waals surface area contributed by atoms with E-state index < -0.39 is 10.9 Å². The topological polar surface area (TPSA) is 112 Å². The minimum Gasteiger partial charge on any atom is -0.505 e. The third kappa shape index (κ3) is 3.70. The summed E-state index contributed by atoms with van der Waals surface area (Å²) in [6.07, 6.45) is 0.627. The number of amides is 1. The molecule has 0 unspecified atom stereocenters. The van der Waals surface area contributed by atoms with Crippen LogP contribution in [-0.4, -0.2) is 37.9 Å². The fourth-order valence-electron chi connectivity index (χ4n) is 3.26. The van der Waals surface area contributed by atoms with E-state index in [0.29, 0.717) is 17.6 Å². The zero-order chi connectivity index (χ0) is 22.2. The quantitative estimate of drug-likeness (QED) is 0.305. The van der Waals surface area contributed by atoms with Crippen molar-refractivity contribution >= 4 is 36.3 Å². The maximum Gasteiger partial charge on any atom is 0.256 e. The molecule has 1 aromatic heterocycles. The molecule has 156 valence electrons. The number of aromatic hydroxyl groups is 1. The molecule has 0 saturated carbocycles. The fraction of sp³-hybridized carbons (Fsp3) is 0.286. The Kier molecular flexibility index (Phi) is 5.73. The lowest BCUT2D eigenvalue weighted by atomic mass is 9.88. The SMILES string of the molecule is Bc1ccc(Nc2c(N[C@H](CC)c3ccc(C)o3)c(=O)c2=O)c(O)c1C(=O)N(C)C. The van der Waals surface area contributed by atoms with Crippen LogP contribution in [0.3, 0.4) is 0 Å². The van der Waals surface area contributed by atoms with Gasteiger partial charge in [0, 0.05) is 14.1 Å². The highest BCUT2D eigenvalue weighted by Gasteiger charge is 2.26. The van der Waals surface area contributed by atoms with Gasteiger partial charge in [-0.3, -0.25) is 14.4 Å². The molecule has 0 aliphatic heterocycles. The van der Waals surface area contributed by atoms with Crippen molar-refractivity contribution in [2.45, 2.75) is 26.3 Å². The van der Waals surface area contributed by atoms with E-state index in [1.54, 1.807) is 34.1 Å². The number of nitrogens with one attached hydrogen (secondary N) is 2. The number of carbonyl (C=O) groups is 1. The van der Waals surface area contributed by atoms with Crippen molar-refractivity contribution in [2.24, 2.45) is 0 Å². The van der Waals surface area contributed by atoms with E-state index in [9.17, 15) is 19.5 Å². The van der Waals surface area contributed by atoms with E-state index in [-0.39, 0.29) is 40.3 Å². The summed E-state index contributed by atoms with van der Waals surface area (Å²) in [6, 6.07) is 6.58. The number of rotatable bonds is 7. The van der Waals surface area contributed by atoms with E-state index in [1.165, 1.54) is 4.90 Å². The number of anilines is 3. The standard InChI is InChI=1S/C21H24BN3O5/c1-5-12(14-9-6-10(2)30-14)23-16-17(20(28)19(16)27)24-13-8-7-11(22)15(18(13)26)21(29)25(3)4/h6-9,12,23-24,26H,5,22H2,1-4H3/t12-/m1/s1. The van der Waals surface area contributed by atoms with Crippen molar-refractivity contribution in [3.63, 3.8) is 0 Å². The van der Waals surface area contributed by atoms with E-state index >= 15 is 0 Å². The Bertz CT molecular complexity index is 1170. The molecule has 1 amide bonds. The molecule has 3 N–H and O–H groups in total. The Balaban J connectivity index is 1.94. The second kappa shape index (κ2) is 8.10. The van der Waals surface area contributed by atoms with Crippen LogP contribution < -0.4 is 27.0 Å². The van der Waals surface area contributed by atoms with Crippen LogP contribution in [0.1, 0.15) is 41.3 Å². The molecule has 9 heteroatoms. The number of hydrogen-bond donors (Lipinski definition) is 3. The van der Waals surface area contributed by atoms with E-state index in [4.69, 9.17) is 4.42 Å². The average molecular weight is 409 g/mol. The lowest BCUT2D eigenvalue weighted by molar-refractivity contribution is 0.0826. The molecule has 1 atom stereocenters. The number of aryl methyl sites for hydroxylation is 1. The van der Waals surface area contributed by atoms with Crippen molar-refractivity contribution in [1.82, 2.24) is 4.90 Å². The van der Waals surface area contributed by atoms with Gasteiger partial charge in [-0.15, -0.1) is 0 Å². The molecule has 0 aliphatic carbocycles. The predicted molar refractivity (Wildman–Crippen MR) is 119 cm³/mol. The fourth-order valence-corrected chi connectivity index (χ4v) is 3.26. The second-order valence-corrected chi connectivity index (χ2v) is 7.44. The third-order valence-electron chi connectivity index (χ3n) is 5.01. The molecule has 0 saturated heterocycles. The average Bonchev–Trinajstić information content (AvgIpc) is 3.14. The highest BCUT2D eigenvalue weighted by molar-refractivity contribution is 6.37. The summed E-state index contributed by atoms with van der Waals surface area (Å²) in [5.74, 6) is 0.764. The van der Waals surface area contributed by atoms with Crippen molar-refractivity contribution in [3.8, 4) is 5.75 Å². The molecule has 1 heterocycles. The summed E-state index contributed by atoms with van der Waals surface area (Å²) in [5.41, 5.74) is -0.262. The molecule has 2 aromatic carbocycles. The van der Waals surface area contributed by atoms with Crippen LogP contribution in [0.4, 0.5) is 17.1 Å². The molecule has 0 fully saturated rings. The Hall–Kier alpha value is -3.49. The lowest BCUT2D eigenvalue weighted by Gasteiger charge is -2.21. The summed E-state index contributed by atoms with van der Waals surface area (Å²) < 4.78 is 5.63. The third-order valence-corrected chi connectivity index (χ3v) is 5.01. The molecular formula is C21H24BN3O5. The Morgan fingerprint density at radius 3 is 2.40 bits per heavy atom. The van der Waals surface area contributed by atoms with Gasteiger partial charge in [-0.25, -0.2) is 0 Å². The minimum atomic E-state index is -0.691. The van der Waals surface area contributed by atoms with Crippen LogP contribution in [0, 0.1) is 6.92 Å². The van der Waals surface area contributed by atoms with Gasteiger partial charge < -0.3 is 25.1 Å². The molecule has 30 heavy (non-hydrogen) atoms. The van der Waals surface area contributed by atoms with E-state index in [2.05, 4.69) is 10.6 Å². The number of phenols is 1. The maximum absolute atomic E-state index is 12.4. The van der Waals surface area contributed by atoms with Crippen molar-refractivity contribution in [1.29, 1.82) is 0 Å². The maximum atomic E-state index is 12.4. The largest absolute Gasteiger partial charge is 0.505 e. The van der Waals surface area contributed by atoms with Crippen molar-refractivity contribution in [3.05, 3.63) is 61.8 Å². The predicted octanol–water partition coefficient (Wildman–Crippen LogP) is 1.16. The van der Waals surface area contributed by atoms with Crippen LogP contribution in [0.5, 0.6) is 5.75 Å². The Labute approximate surface area is 174 Å². The van der Waals surface area contributed by atoms with E-state index in [1.807, 2.05) is 26.0 Å². The second-order valence-electron chi connectivity index (χ2n) is 7.44. The number of hydrogen-bond acceptors (Lipinski definition) is 7. The van der Waals surface area contributed by atoms with Gasteiger partial charge in [-0.1, -0.05) is 18.5 Å². The molecule has 0 bridgehead atoms. The molecule has 0 radical (unpaired) electrons. The van der Waals surface area contributed by atoms with Crippen LogP contribution in [0.2, 0.25) is 0 Å². The Morgan fingerprint density at radius 1 is 1.17 bits per heavy atom. The zero-order valence-electron chi connectivity index (χ0n) is 17.6. The summed E-state index contributed by atoms with van der Waals surface area (Å²) in [4.78, 5) is 38.2. The summed E-state index contributed by atoms with van der Waals surface area (Å²) in [6.45, 7) is 3.76. The lowest BCUT2D eigenvalue weighted by Crippen LogP contribution is -2.37. The van der Waals surface area contributed by atoms with Crippen molar-refractivity contribution < 1.29 is 14.3 Å². The van der Waals surface area contributed by atoms with Crippen LogP contribution >= 0.6 is 0 Å². The Morgan fingerprint density at radius 2 is 1.83 bits per heavy atom. The first-order chi connectivity index (χ1) is 14.1. The molecule has 3 rings (SSSR count). The first-order valence-electron chi connectivity index (χ1n) is 9.63. The van der Waals surface area contributed by atoms with Gasteiger partial charge in [0.25, 0.3) is 16.8 Å². The monoisotopic (exact) mass is 409 g/mol. The number of furan rings is 1. The van der Waals surface area contributed by atoms with Gasteiger partial charge in [0.2, 0.25) is 0 Å². The summed E-state index contributed by atoms with van der Waals surface area (Å²) in [5, 5.41) is 16.5. The van der Waals surface area contributed by atoms with Crippen LogP contribution in [0.15, 0.2) is 38.3 Å². The molecule has 8 nitrogen and oxygen atoms in total. The highest BCUT2D eigenvalue weighted by Crippen LogP contribution is 2.32. The first kappa shape index (κ1) is 21.2. The van der Waals surface area contributed by atoms with E-state index in [0.717, 1.165) is 5.76 Å². The first-order valence-corrected chi connectivity index (χ1v) is 9.63.